The van der Waals surface area contributed by atoms with E-state index in [1.54, 1.807) is 18.0 Å². The molecule has 0 saturated heterocycles. The van der Waals surface area contributed by atoms with Gasteiger partial charge in [-0.3, -0.25) is 10.1 Å². The van der Waals surface area contributed by atoms with Crippen molar-refractivity contribution in [2.45, 2.75) is 63.7 Å². The molecule has 0 fully saturated rings. The van der Waals surface area contributed by atoms with Gasteiger partial charge in [0.25, 0.3) is 0 Å². The van der Waals surface area contributed by atoms with E-state index in [2.05, 4.69) is 15.3 Å². The molecule has 1 rings (SSSR count). The van der Waals surface area contributed by atoms with Gasteiger partial charge in [0.1, 0.15) is 5.54 Å². The van der Waals surface area contributed by atoms with E-state index in [0.29, 0.717) is 6.61 Å². The summed E-state index contributed by atoms with van der Waals surface area (Å²) in [4.78, 5) is 19.4. The lowest BCUT2D eigenvalue weighted by Gasteiger charge is -2.30. The zero-order valence-corrected chi connectivity index (χ0v) is 14.3. The summed E-state index contributed by atoms with van der Waals surface area (Å²) >= 11 is 1.71. The highest BCUT2D eigenvalue weighted by atomic mass is 32.2. The maximum absolute atomic E-state index is 12.1. The second kappa shape index (κ2) is 9.10. The van der Waals surface area contributed by atoms with Crippen molar-refractivity contribution in [1.29, 1.82) is 0 Å². The van der Waals surface area contributed by atoms with Crippen molar-refractivity contribution >= 4 is 17.7 Å². The third kappa shape index (κ3) is 6.52. The number of nitrogens with zero attached hydrogens (tertiary/aromatic N) is 1. The van der Waals surface area contributed by atoms with Crippen molar-refractivity contribution in [3.05, 3.63) is 12.4 Å². The third-order valence-corrected chi connectivity index (χ3v) is 4.11. The van der Waals surface area contributed by atoms with Gasteiger partial charge in [-0.1, -0.05) is 18.2 Å². The Morgan fingerprint density at radius 1 is 1.52 bits per heavy atom. The Bertz CT molecular complexity index is 409. The number of H-pyrrole nitrogens is 1. The van der Waals surface area contributed by atoms with E-state index in [1.807, 2.05) is 33.9 Å². The minimum atomic E-state index is -0.598. The summed E-state index contributed by atoms with van der Waals surface area (Å²) in [6.45, 7) is 8.29. The number of rotatable bonds is 10. The molecule has 1 aromatic rings. The van der Waals surface area contributed by atoms with Crippen LogP contribution in [0.25, 0.3) is 0 Å². The highest BCUT2D eigenvalue weighted by molar-refractivity contribution is 7.99. The van der Waals surface area contributed by atoms with Gasteiger partial charge >= 0.3 is 5.97 Å². The highest BCUT2D eigenvalue weighted by Crippen LogP contribution is 2.20. The summed E-state index contributed by atoms with van der Waals surface area (Å²) in [7, 11) is 0. The van der Waals surface area contributed by atoms with E-state index in [1.165, 1.54) is 0 Å². The van der Waals surface area contributed by atoms with Gasteiger partial charge in [-0.15, -0.1) is 0 Å². The molecular formula is C15H27N3O2S. The van der Waals surface area contributed by atoms with Gasteiger partial charge in [0.2, 0.25) is 0 Å². The third-order valence-electron chi connectivity index (χ3n) is 3.12. The summed E-state index contributed by atoms with van der Waals surface area (Å²) < 4.78 is 5.20. The average Bonchev–Trinajstić information content (AvgIpc) is 2.91. The van der Waals surface area contributed by atoms with E-state index in [0.717, 1.165) is 30.2 Å². The van der Waals surface area contributed by atoms with Crippen molar-refractivity contribution in [3.63, 3.8) is 0 Å². The van der Waals surface area contributed by atoms with Crippen LogP contribution in [0, 0.1) is 0 Å². The van der Waals surface area contributed by atoms with Gasteiger partial charge in [-0.05, 0) is 40.5 Å². The van der Waals surface area contributed by atoms with Gasteiger partial charge < -0.3 is 9.72 Å². The summed E-state index contributed by atoms with van der Waals surface area (Å²) in [5.74, 6) is 0.839. The predicted molar refractivity (Wildman–Crippen MR) is 86.5 cm³/mol. The highest BCUT2D eigenvalue weighted by Gasteiger charge is 2.34. The maximum atomic E-state index is 12.1. The van der Waals surface area contributed by atoms with Crippen LogP contribution in [0.4, 0.5) is 0 Å². The number of carbonyl (C=O) groups excluding carboxylic acids is 1. The lowest BCUT2D eigenvalue weighted by molar-refractivity contribution is -0.151. The summed E-state index contributed by atoms with van der Waals surface area (Å²) in [6.07, 6.45) is 6.38. The molecule has 0 aliphatic heterocycles. The Hall–Kier alpha value is -1.01. The molecule has 0 aliphatic rings. The Labute approximate surface area is 131 Å². The molecular weight excluding hydrogens is 286 g/mol. The topological polar surface area (TPSA) is 67.0 Å². The normalized spacial score (nSPS) is 14.1. The fourth-order valence-corrected chi connectivity index (χ4v) is 3.07. The van der Waals surface area contributed by atoms with Crippen molar-refractivity contribution in [2.24, 2.45) is 0 Å². The zero-order chi connectivity index (χ0) is 15.7. The van der Waals surface area contributed by atoms with Crippen molar-refractivity contribution in [3.8, 4) is 0 Å². The minimum absolute atomic E-state index is 0.155. The Morgan fingerprint density at radius 3 is 2.86 bits per heavy atom. The Kier molecular flexibility index (Phi) is 7.82. The molecule has 0 saturated carbocycles. The molecule has 2 N–H and O–H groups in total. The minimum Gasteiger partial charge on any atom is -0.465 e. The van der Waals surface area contributed by atoms with E-state index in [9.17, 15) is 4.79 Å². The van der Waals surface area contributed by atoms with Crippen LogP contribution in [0.3, 0.4) is 0 Å². The quantitative estimate of drug-likeness (QED) is 0.395. The summed E-state index contributed by atoms with van der Waals surface area (Å²) in [6, 6.07) is 0.247. The molecule has 0 aromatic carbocycles. The number of imidazole rings is 1. The van der Waals surface area contributed by atoms with Crippen LogP contribution in [0.2, 0.25) is 0 Å². The standard InChI is InChI=1S/C15H27N3O2S/c1-5-20-13(19)15(4,18-12(2)3)8-6-7-11-21-14-16-9-10-17-14/h9-10,12,18H,5-8,11H2,1-4H3,(H,16,17). The number of hydrogen-bond donors (Lipinski definition) is 2. The average molecular weight is 313 g/mol. The number of ether oxygens (including phenoxy) is 1. The van der Waals surface area contributed by atoms with Crippen LogP contribution >= 0.6 is 11.8 Å². The number of nitrogens with one attached hydrogen (secondary N) is 2. The molecule has 21 heavy (non-hydrogen) atoms. The molecule has 120 valence electrons. The molecule has 6 heteroatoms. The first-order chi connectivity index (χ1) is 9.98. The molecule has 0 amide bonds. The smallest absolute Gasteiger partial charge is 0.326 e. The first-order valence-electron chi connectivity index (χ1n) is 7.55. The fraction of sp³-hybridized carbons (Fsp3) is 0.733. The van der Waals surface area contributed by atoms with Crippen LogP contribution in [-0.4, -0.2) is 39.9 Å². The Balaban J connectivity index is 2.36. The van der Waals surface area contributed by atoms with Gasteiger partial charge in [0, 0.05) is 24.2 Å². The molecule has 0 radical (unpaired) electrons. The summed E-state index contributed by atoms with van der Waals surface area (Å²) in [5, 5.41) is 4.29. The number of aromatic nitrogens is 2. The lowest BCUT2D eigenvalue weighted by Crippen LogP contribution is -2.53. The largest absolute Gasteiger partial charge is 0.465 e. The zero-order valence-electron chi connectivity index (χ0n) is 13.4. The van der Waals surface area contributed by atoms with Crippen LogP contribution in [0.1, 0.15) is 47.0 Å². The van der Waals surface area contributed by atoms with Gasteiger partial charge in [0.05, 0.1) is 6.61 Å². The van der Waals surface area contributed by atoms with Crippen LogP contribution in [0.15, 0.2) is 17.6 Å². The van der Waals surface area contributed by atoms with Gasteiger partial charge in [-0.2, -0.15) is 0 Å². The molecule has 1 atom stereocenters. The fourth-order valence-electron chi connectivity index (χ4n) is 2.24. The monoisotopic (exact) mass is 313 g/mol. The number of hydrogen-bond acceptors (Lipinski definition) is 5. The van der Waals surface area contributed by atoms with E-state index in [-0.39, 0.29) is 12.0 Å². The first-order valence-corrected chi connectivity index (χ1v) is 8.53. The second-order valence-corrected chi connectivity index (χ2v) is 6.64. The molecule has 0 aliphatic carbocycles. The number of unbranched alkanes of at least 4 members (excludes halogenated alkanes) is 1. The molecule has 1 aromatic heterocycles. The van der Waals surface area contributed by atoms with Crippen LogP contribution in [0.5, 0.6) is 0 Å². The predicted octanol–water partition coefficient (Wildman–Crippen LogP) is 2.99. The van der Waals surface area contributed by atoms with Crippen LogP contribution in [-0.2, 0) is 9.53 Å². The lowest BCUT2D eigenvalue weighted by atomic mass is 9.94. The van der Waals surface area contributed by atoms with Crippen molar-refractivity contribution in [2.75, 3.05) is 12.4 Å². The van der Waals surface area contributed by atoms with Gasteiger partial charge in [-0.25, -0.2) is 4.98 Å². The number of esters is 1. The molecule has 0 bridgehead atoms. The SMILES string of the molecule is CCOC(=O)C(C)(CCCCSc1ncc[nH]1)NC(C)C. The first kappa shape index (κ1) is 18.0. The number of thioether (sulfide) groups is 1. The van der Waals surface area contributed by atoms with E-state index in [4.69, 9.17) is 4.74 Å². The molecule has 1 heterocycles. The number of carbonyl (C=O) groups is 1. The Morgan fingerprint density at radius 2 is 2.29 bits per heavy atom. The second-order valence-electron chi connectivity index (χ2n) is 5.55. The maximum Gasteiger partial charge on any atom is 0.326 e. The van der Waals surface area contributed by atoms with Crippen molar-refractivity contribution in [1.82, 2.24) is 15.3 Å². The molecule has 0 spiro atoms. The van der Waals surface area contributed by atoms with Gasteiger partial charge in [0.15, 0.2) is 5.16 Å². The van der Waals surface area contributed by atoms with E-state index >= 15 is 0 Å². The summed E-state index contributed by atoms with van der Waals surface area (Å²) in [5.41, 5.74) is -0.598. The molecule has 5 nitrogen and oxygen atoms in total. The number of aromatic amines is 1. The van der Waals surface area contributed by atoms with Crippen LogP contribution < -0.4 is 5.32 Å². The van der Waals surface area contributed by atoms with Crippen molar-refractivity contribution < 1.29 is 9.53 Å². The van der Waals surface area contributed by atoms with E-state index < -0.39 is 5.54 Å². The molecule has 1 unspecified atom stereocenters.